The molecule has 1 aromatic rings. The number of anilines is 1. The van der Waals surface area contributed by atoms with Crippen molar-refractivity contribution in [2.24, 2.45) is 5.92 Å². The summed E-state index contributed by atoms with van der Waals surface area (Å²) in [5.74, 6) is 1.02. The number of H-pyrrole nitrogens is 1. The highest BCUT2D eigenvalue weighted by molar-refractivity contribution is 5.98. The molecule has 0 aromatic carbocycles. The molecule has 2 heterocycles. The van der Waals surface area contributed by atoms with Crippen molar-refractivity contribution in [3.05, 3.63) is 11.8 Å². The van der Waals surface area contributed by atoms with Crippen molar-refractivity contribution in [3.8, 4) is 0 Å². The standard InChI is InChI=1S/C11H18N4O/c1-2-3-8-4-5-15(7-8)11(16)9-6-13-14-10(9)12/h6,8H,2-5,7H2,1H3,(H3,12,13,14). The van der Waals surface area contributed by atoms with Crippen LogP contribution >= 0.6 is 0 Å². The summed E-state index contributed by atoms with van der Waals surface area (Å²) in [7, 11) is 0. The number of rotatable bonds is 3. The molecule has 88 valence electrons. The van der Waals surface area contributed by atoms with Crippen LogP contribution in [-0.4, -0.2) is 34.1 Å². The average Bonchev–Trinajstić information content (AvgIpc) is 2.87. The van der Waals surface area contributed by atoms with Crippen molar-refractivity contribution in [2.75, 3.05) is 18.8 Å². The number of hydrogen-bond donors (Lipinski definition) is 2. The second-order valence-corrected chi connectivity index (χ2v) is 4.39. The summed E-state index contributed by atoms with van der Waals surface area (Å²) in [5, 5.41) is 6.36. The minimum absolute atomic E-state index is 0.00449. The summed E-state index contributed by atoms with van der Waals surface area (Å²) in [5.41, 5.74) is 6.13. The molecule has 2 rings (SSSR count). The van der Waals surface area contributed by atoms with E-state index in [1.165, 1.54) is 19.0 Å². The first kappa shape index (κ1) is 11.0. The van der Waals surface area contributed by atoms with E-state index >= 15 is 0 Å². The highest BCUT2D eigenvalue weighted by atomic mass is 16.2. The maximum absolute atomic E-state index is 12.1. The van der Waals surface area contributed by atoms with Crippen LogP contribution in [0.5, 0.6) is 0 Å². The Morgan fingerprint density at radius 1 is 1.75 bits per heavy atom. The number of carbonyl (C=O) groups excluding carboxylic acids is 1. The van der Waals surface area contributed by atoms with Crippen LogP contribution in [0, 0.1) is 5.92 Å². The molecule has 3 N–H and O–H groups in total. The third-order valence-electron chi connectivity index (χ3n) is 3.17. The van der Waals surface area contributed by atoms with E-state index in [9.17, 15) is 4.79 Å². The van der Waals surface area contributed by atoms with Gasteiger partial charge in [0.1, 0.15) is 11.4 Å². The smallest absolute Gasteiger partial charge is 0.259 e. The number of nitrogens with two attached hydrogens (primary N) is 1. The largest absolute Gasteiger partial charge is 0.383 e. The molecule has 1 aliphatic rings. The van der Waals surface area contributed by atoms with Crippen LogP contribution in [0.2, 0.25) is 0 Å². The highest BCUT2D eigenvalue weighted by Gasteiger charge is 2.27. The van der Waals surface area contributed by atoms with Gasteiger partial charge in [0.15, 0.2) is 0 Å². The van der Waals surface area contributed by atoms with Crippen LogP contribution in [0.25, 0.3) is 0 Å². The van der Waals surface area contributed by atoms with Crippen molar-refractivity contribution in [2.45, 2.75) is 26.2 Å². The molecule has 1 saturated heterocycles. The Bertz CT molecular complexity index is 374. The third-order valence-corrected chi connectivity index (χ3v) is 3.17. The zero-order chi connectivity index (χ0) is 11.5. The molecular formula is C11H18N4O. The molecule has 0 spiro atoms. The van der Waals surface area contributed by atoms with Gasteiger partial charge in [-0.05, 0) is 18.8 Å². The average molecular weight is 222 g/mol. The summed E-state index contributed by atoms with van der Waals surface area (Å²) < 4.78 is 0. The van der Waals surface area contributed by atoms with Crippen molar-refractivity contribution >= 4 is 11.7 Å². The Hall–Kier alpha value is -1.52. The first-order valence-corrected chi connectivity index (χ1v) is 5.80. The summed E-state index contributed by atoms with van der Waals surface area (Å²) in [6.45, 7) is 3.88. The quantitative estimate of drug-likeness (QED) is 0.808. The lowest BCUT2D eigenvalue weighted by Crippen LogP contribution is -2.29. The van der Waals surface area contributed by atoms with Crippen molar-refractivity contribution < 1.29 is 4.79 Å². The number of nitrogens with one attached hydrogen (secondary N) is 1. The van der Waals surface area contributed by atoms with Gasteiger partial charge in [-0.1, -0.05) is 13.3 Å². The molecule has 0 radical (unpaired) electrons. The molecule has 1 aliphatic heterocycles. The molecule has 16 heavy (non-hydrogen) atoms. The number of nitrogens with zero attached hydrogens (tertiary/aromatic N) is 2. The van der Waals surface area contributed by atoms with Crippen LogP contribution in [-0.2, 0) is 0 Å². The molecular weight excluding hydrogens is 204 g/mol. The van der Waals surface area contributed by atoms with Crippen LogP contribution in [0.4, 0.5) is 5.82 Å². The fourth-order valence-electron chi connectivity index (χ4n) is 2.30. The van der Waals surface area contributed by atoms with Crippen molar-refractivity contribution in [1.29, 1.82) is 0 Å². The fourth-order valence-corrected chi connectivity index (χ4v) is 2.30. The minimum Gasteiger partial charge on any atom is -0.383 e. The van der Waals surface area contributed by atoms with Gasteiger partial charge >= 0.3 is 0 Å². The Balaban J connectivity index is 2.00. The first-order valence-electron chi connectivity index (χ1n) is 5.80. The summed E-state index contributed by atoms with van der Waals surface area (Å²) in [6, 6.07) is 0. The second-order valence-electron chi connectivity index (χ2n) is 4.39. The lowest BCUT2D eigenvalue weighted by Gasteiger charge is -2.15. The monoisotopic (exact) mass is 222 g/mol. The van der Waals surface area contributed by atoms with Gasteiger partial charge in [-0.25, -0.2) is 0 Å². The van der Waals surface area contributed by atoms with E-state index < -0.39 is 0 Å². The van der Waals surface area contributed by atoms with E-state index in [1.54, 1.807) is 0 Å². The number of nitrogen functional groups attached to an aromatic ring is 1. The molecule has 5 nitrogen and oxygen atoms in total. The Morgan fingerprint density at radius 2 is 2.56 bits per heavy atom. The zero-order valence-corrected chi connectivity index (χ0v) is 9.57. The van der Waals surface area contributed by atoms with Crippen LogP contribution in [0.15, 0.2) is 6.20 Å². The van der Waals surface area contributed by atoms with E-state index in [4.69, 9.17) is 5.73 Å². The normalized spacial score (nSPS) is 20.3. The molecule has 1 unspecified atom stereocenters. The number of aromatic nitrogens is 2. The molecule has 1 aromatic heterocycles. The number of aromatic amines is 1. The highest BCUT2D eigenvalue weighted by Crippen LogP contribution is 2.23. The topological polar surface area (TPSA) is 75.0 Å². The SMILES string of the molecule is CCCC1CCN(C(=O)c2cn[nH]c2N)C1. The molecule has 0 saturated carbocycles. The van der Waals surface area contributed by atoms with E-state index in [2.05, 4.69) is 17.1 Å². The fraction of sp³-hybridized carbons (Fsp3) is 0.636. The van der Waals surface area contributed by atoms with E-state index in [0.717, 1.165) is 19.5 Å². The summed E-state index contributed by atoms with van der Waals surface area (Å²) in [6.07, 6.45) is 4.99. The zero-order valence-electron chi connectivity index (χ0n) is 9.57. The van der Waals surface area contributed by atoms with Gasteiger partial charge in [0.25, 0.3) is 5.91 Å². The van der Waals surface area contributed by atoms with Gasteiger partial charge in [0, 0.05) is 13.1 Å². The second kappa shape index (κ2) is 4.55. The van der Waals surface area contributed by atoms with Gasteiger partial charge in [0.2, 0.25) is 0 Å². The number of carbonyl (C=O) groups is 1. The predicted molar refractivity (Wildman–Crippen MR) is 61.9 cm³/mol. The van der Waals surface area contributed by atoms with E-state index in [-0.39, 0.29) is 5.91 Å². The van der Waals surface area contributed by atoms with E-state index in [1.807, 2.05) is 4.90 Å². The Kier molecular flexibility index (Phi) is 3.12. The number of amides is 1. The van der Waals surface area contributed by atoms with Gasteiger partial charge in [-0.3, -0.25) is 9.89 Å². The maximum atomic E-state index is 12.1. The molecule has 1 amide bonds. The molecule has 1 fully saturated rings. The minimum atomic E-state index is 0.00449. The van der Waals surface area contributed by atoms with Gasteiger partial charge in [0.05, 0.1) is 6.20 Å². The number of hydrogen-bond acceptors (Lipinski definition) is 3. The Labute approximate surface area is 95.0 Å². The van der Waals surface area contributed by atoms with Crippen LogP contribution < -0.4 is 5.73 Å². The van der Waals surface area contributed by atoms with Crippen LogP contribution in [0.3, 0.4) is 0 Å². The molecule has 5 heteroatoms. The van der Waals surface area contributed by atoms with Gasteiger partial charge in [-0.2, -0.15) is 5.10 Å². The molecule has 0 aliphatic carbocycles. The van der Waals surface area contributed by atoms with Gasteiger partial charge < -0.3 is 10.6 Å². The maximum Gasteiger partial charge on any atom is 0.259 e. The van der Waals surface area contributed by atoms with Crippen molar-refractivity contribution in [1.82, 2.24) is 15.1 Å². The summed E-state index contributed by atoms with van der Waals surface area (Å²) >= 11 is 0. The van der Waals surface area contributed by atoms with Gasteiger partial charge in [-0.15, -0.1) is 0 Å². The number of likely N-dealkylation sites (tertiary alicyclic amines) is 1. The third kappa shape index (κ3) is 2.03. The van der Waals surface area contributed by atoms with E-state index in [0.29, 0.717) is 17.3 Å². The molecule has 0 bridgehead atoms. The first-order chi connectivity index (χ1) is 7.72. The van der Waals surface area contributed by atoms with Crippen LogP contribution in [0.1, 0.15) is 36.5 Å². The lowest BCUT2D eigenvalue weighted by atomic mass is 10.0. The predicted octanol–water partition coefficient (Wildman–Crippen LogP) is 1.25. The lowest BCUT2D eigenvalue weighted by molar-refractivity contribution is 0.0787. The molecule has 1 atom stereocenters. The van der Waals surface area contributed by atoms with Crippen molar-refractivity contribution in [3.63, 3.8) is 0 Å². The Morgan fingerprint density at radius 3 is 3.19 bits per heavy atom. The summed E-state index contributed by atoms with van der Waals surface area (Å²) in [4.78, 5) is 13.9.